The Morgan fingerprint density at radius 1 is 1.00 bits per heavy atom. The van der Waals surface area contributed by atoms with E-state index in [1.807, 2.05) is 31.2 Å². The van der Waals surface area contributed by atoms with Crippen LogP contribution in [0.1, 0.15) is 44.2 Å². The minimum Gasteiger partial charge on any atom is -0.457 e. The van der Waals surface area contributed by atoms with Crippen LogP contribution in [-0.4, -0.2) is 6.04 Å². The van der Waals surface area contributed by atoms with Gasteiger partial charge in [-0.1, -0.05) is 38.1 Å². The van der Waals surface area contributed by atoms with Crippen LogP contribution in [0.15, 0.2) is 48.5 Å². The van der Waals surface area contributed by atoms with Crippen LogP contribution >= 0.6 is 0 Å². The number of hydrogen-bond acceptors (Lipinski definition) is 2. The van der Waals surface area contributed by atoms with E-state index in [0.717, 1.165) is 24.3 Å². The third-order valence-corrected chi connectivity index (χ3v) is 3.75. The molecule has 0 bridgehead atoms. The summed E-state index contributed by atoms with van der Waals surface area (Å²) in [6.07, 6.45) is 2.02. The summed E-state index contributed by atoms with van der Waals surface area (Å²) < 4.78 is 5.93. The predicted molar refractivity (Wildman–Crippen MR) is 89.0 cm³/mol. The molecule has 0 aliphatic rings. The average molecular weight is 283 g/mol. The predicted octanol–water partition coefficient (Wildman–Crippen LogP) is 4.88. The van der Waals surface area contributed by atoms with Gasteiger partial charge in [-0.25, -0.2) is 0 Å². The molecular formula is C19H25NO. The molecular weight excluding hydrogens is 258 g/mol. The van der Waals surface area contributed by atoms with Crippen LogP contribution in [-0.2, 0) is 6.42 Å². The van der Waals surface area contributed by atoms with Crippen molar-refractivity contribution in [3.05, 3.63) is 59.7 Å². The van der Waals surface area contributed by atoms with Crippen LogP contribution in [0.5, 0.6) is 11.5 Å². The summed E-state index contributed by atoms with van der Waals surface area (Å²) in [7, 11) is 0. The lowest BCUT2D eigenvalue weighted by Gasteiger charge is -2.11. The minimum atomic E-state index is 0.162. The molecule has 0 fully saturated rings. The van der Waals surface area contributed by atoms with Crippen LogP contribution in [0.4, 0.5) is 0 Å². The van der Waals surface area contributed by atoms with Crippen molar-refractivity contribution in [1.82, 2.24) is 0 Å². The Morgan fingerprint density at radius 2 is 1.71 bits per heavy atom. The fourth-order valence-electron chi connectivity index (χ4n) is 2.34. The Balaban J connectivity index is 2.07. The summed E-state index contributed by atoms with van der Waals surface area (Å²) >= 11 is 0. The molecule has 112 valence electrons. The van der Waals surface area contributed by atoms with Gasteiger partial charge in [0.15, 0.2) is 0 Å². The molecule has 21 heavy (non-hydrogen) atoms. The van der Waals surface area contributed by atoms with Crippen LogP contribution in [0.3, 0.4) is 0 Å². The Hall–Kier alpha value is -1.80. The van der Waals surface area contributed by atoms with Crippen LogP contribution in [0.25, 0.3) is 0 Å². The molecule has 2 unspecified atom stereocenters. The van der Waals surface area contributed by atoms with Crippen molar-refractivity contribution < 1.29 is 4.74 Å². The largest absolute Gasteiger partial charge is 0.457 e. The number of ether oxygens (including phenoxy) is 1. The van der Waals surface area contributed by atoms with Gasteiger partial charge in [0, 0.05) is 6.04 Å². The first-order valence-corrected chi connectivity index (χ1v) is 7.70. The highest BCUT2D eigenvalue weighted by atomic mass is 16.5. The van der Waals surface area contributed by atoms with Gasteiger partial charge >= 0.3 is 0 Å². The van der Waals surface area contributed by atoms with E-state index in [1.165, 1.54) is 11.1 Å². The number of nitrogens with two attached hydrogens (primary N) is 1. The second kappa shape index (κ2) is 7.28. The molecule has 2 atom stereocenters. The lowest BCUT2D eigenvalue weighted by Crippen LogP contribution is -2.17. The Labute approximate surface area is 127 Å². The van der Waals surface area contributed by atoms with Crippen LogP contribution in [0.2, 0.25) is 0 Å². The van der Waals surface area contributed by atoms with Crippen molar-refractivity contribution >= 4 is 0 Å². The maximum Gasteiger partial charge on any atom is 0.127 e. The van der Waals surface area contributed by atoms with E-state index in [1.54, 1.807) is 0 Å². The van der Waals surface area contributed by atoms with Gasteiger partial charge in [0.05, 0.1) is 0 Å². The van der Waals surface area contributed by atoms with Crippen molar-refractivity contribution in [2.45, 2.75) is 45.6 Å². The molecule has 0 aliphatic heterocycles. The van der Waals surface area contributed by atoms with Gasteiger partial charge < -0.3 is 10.5 Å². The smallest absolute Gasteiger partial charge is 0.127 e. The summed E-state index contributed by atoms with van der Waals surface area (Å²) in [4.78, 5) is 0. The second-order valence-electron chi connectivity index (χ2n) is 5.81. The van der Waals surface area contributed by atoms with Gasteiger partial charge in [-0.3, -0.25) is 0 Å². The van der Waals surface area contributed by atoms with Crippen LogP contribution in [0, 0.1) is 0 Å². The standard InChI is InChI=1S/C19H25NO/c1-4-14(2)17-8-10-18(11-9-17)21-19-7-5-6-16(13-19)12-15(3)20/h5-11,13-15H,4,12,20H2,1-3H3. The highest BCUT2D eigenvalue weighted by Gasteiger charge is 2.04. The van der Waals surface area contributed by atoms with Crippen molar-refractivity contribution in [1.29, 1.82) is 0 Å². The highest BCUT2D eigenvalue weighted by Crippen LogP contribution is 2.26. The van der Waals surface area contributed by atoms with Gasteiger partial charge in [0.1, 0.15) is 11.5 Å². The maximum absolute atomic E-state index is 5.93. The molecule has 2 rings (SSSR count). The number of rotatable bonds is 6. The molecule has 0 aromatic heterocycles. The fraction of sp³-hybridized carbons (Fsp3) is 0.368. The summed E-state index contributed by atoms with van der Waals surface area (Å²) in [6.45, 7) is 6.47. The maximum atomic E-state index is 5.93. The Kier molecular flexibility index (Phi) is 5.40. The van der Waals surface area contributed by atoms with E-state index in [-0.39, 0.29) is 6.04 Å². The third kappa shape index (κ3) is 4.61. The molecule has 2 N–H and O–H groups in total. The molecule has 0 amide bonds. The van der Waals surface area contributed by atoms with Crippen molar-refractivity contribution in [2.24, 2.45) is 5.73 Å². The normalized spacial score (nSPS) is 13.7. The van der Waals surface area contributed by atoms with E-state index in [4.69, 9.17) is 10.5 Å². The molecule has 0 saturated heterocycles. The molecule has 0 radical (unpaired) electrons. The molecule has 0 aliphatic carbocycles. The zero-order chi connectivity index (χ0) is 15.2. The lowest BCUT2D eigenvalue weighted by atomic mass is 9.99. The van der Waals surface area contributed by atoms with E-state index < -0.39 is 0 Å². The van der Waals surface area contributed by atoms with E-state index >= 15 is 0 Å². The second-order valence-corrected chi connectivity index (χ2v) is 5.81. The minimum absolute atomic E-state index is 0.162. The Morgan fingerprint density at radius 3 is 2.33 bits per heavy atom. The van der Waals surface area contributed by atoms with E-state index in [2.05, 4.69) is 38.1 Å². The topological polar surface area (TPSA) is 35.2 Å². The van der Waals surface area contributed by atoms with Gasteiger partial charge in [-0.15, -0.1) is 0 Å². The molecule has 2 aromatic carbocycles. The summed E-state index contributed by atoms with van der Waals surface area (Å²) in [6, 6.07) is 16.7. The molecule has 0 spiro atoms. The summed E-state index contributed by atoms with van der Waals surface area (Å²) in [5.74, 6) is 2.33. The monoisotopic (exact) mass is 283 g/mol. The quantitative estimate of drug-likeness (QED) is 0.819. The zero-order valence-electron chi connectivity index (χ0n) is 13.2. The van der Waals surface area contributed by atoms with Crippen molar-refractivity contribution in [3.63, 3.8) is 0 Å². The summed E-state index contributed by atoms with van der Waals surface area (Å²) in [5, 5.41) is 0. The first-order chi connectivity index (χ1) is 10.1. The highest BCUT2D eigenvalue weighted by molar-refractivity contribution is 5.36. The van der Waals surface area contributed by atoms with Crippen molar-refractivity contribution in [2.75, 3.05) is 0 Å². The van der Waals surface area contributed by atoms with Gasteiger partial charge in [-0.2, -0.15) is 0 Å². The first kappa shape index (κ1) is 15.6. The first-order valence-electron chi connectivity index (χ1n) is 7.70. The molecule has 2 nitrogen and oxygen atoms in total. The van der Waals surface area contributed by atoms with Crippen LogP contribution < -0.4 is 10.5 Å². The van der Waals surface area contributed by atoms with Gasteiger partial charge in [-0.05, 0) is 61.1 Å². The zero-order valence-corrected chi connectivity index (χ0v) is 13.2. The molecule has 2 aromatic rings. The molecule has 0 heterocycles. The van der Waals surface area contributed by atoms with Crippen molar-refractivity contribution in [3.8, 4) is 11.5 Å². The SMILES string of the molecule is CCC(C)c1ccc(Oc2cccc(CC(C)N)c2)cc1. The van der Waals surface area contributed by atoms with E-state index in [0.29, 0.717) is 5.92 Å². The third-order valence-electron chi connectivity index (χ3n) is 3.75. The number of hydrogen-bond donors (Lipinski definition) is 1. The van der Waals surface area contributed by atoms with Gasteiger partial charge in [0.25, 0.3) is 0 Å². The lowest BCUT2D eigenvalue weighted by molar-refractivity contribution is 0.481. The van der Waals surface area contributed by atoms with E-state index in [9.17, 15) is 0 Å². The molecule has 2 heteroatoms. The Bertz CT molecular complexity index is 560. The fourth-order valence-corrected chi connectivity index (χ4v) is 2.34. The molecule has 0 saturated carbocycles. The van der Waals surface area contributed by atoms with Gasteiger partial charge in [0.2, 0.25) is 0 Å². The average Bonchev–Trinajstić information content (AvgIpc) is 2.47. The summed E-state index contributed by atoms with van der Waals surface area (Å²) in [5.41, 5.74) is 8.41. The number of benzene rings is 2.